The molecule has 114 valence electrons. The van der Waals surface area contributed by atoms with Crippen molar-refractivity contribution in [3.8, 4) is 5.75 Å². The summed E-state index contributed by atoms with van der Waals surface area (Å²) in [7, 11) is 0. The molecule has 3 heteroatoms. The van der Waals surface area contributed by atoms with Crippen LogP contribution >= 0.6 is 0 Å². The lowest BCUT2D eigenvalue weighted by Gasteiger charge is -2.09. The van der Waals surface area contributed by atoms with Crippen LogP contribution in [0.1, 0.15) is 50.7 Å². The highest BCUT2D eigenvalue weighted by atomic mass is 16.5. The Balaban J connectivity index is 2.34. The Morgan fingerprint density at radius 2 is 1.90 bits per heavy atom. The van der Waals surface area contributed by atoms with E-state index in [9.17, 15) is 4.79 Å². The standard InChI is InChI=1S/C18H24O3/c1-4-6-8-16-13(3)15-10-9-14(20-11-7-5-2)12-17(15)21-18(16)19/h9-10,12H,4-8,11H2,1-3H3. The second kappa shape index (κ2) is 7.30. The van der Waals surface area contributed by atoms with Gasteiger partial charge < -0.3 is 9.15 Å². The molecule has 0 saturated carbocycles. The first-order valence-corrected chi connectivity index (χ1v) is 7.86. The Labute approximate surface area is 125 Å². The predicted octanol–water partition coefficient (Wildman–Crippen LogP) is 4.62. The summed E-state index contributed by atoms with van der Waals surface area (Å²) in [5.41, 5.74) is 2.25. The lowest BCUT2D eigenvalue weighted by Crippen LogP contribution is -2.10. The minimum atomic E-state index is -0.209. The number of hydrogen-bond donors (Lipinski definition) is 0. The van der Waals surface area contributed by atoms with Crippen molar-refractivity contribution in [2.24, 2.45) is 0 Å². The van der Waals surface area contributed by atoms with Crippen molar-refractivity contribution in [2.75, 3.05) is 6.61 Å². The molecule has 3 nitrogen and oxygen atoms in total. The summed E-state index contributed by atoms with van der Waals surface area (Å²) in [4.78, 5) is 12.1. The van der Waals surface area contributed by atoms with Gasteiger partial charge in [-0.25, -0.2) is 4.79 Å². The summed E-state index contributed by atoms with van der Waals surface area (Å²) in [5, 5.41) is 1.00. The van der Waals surface area contributed by atoms with Crippen LogP contribution in [0, 0.1) is 6.92 Å². The van der Waals surface area contributed by atoms with E-state index in [2.05, 4.69) is 13.8 Å². The van der Waals surface area contributed by atoms with E-state index in [-0.39, 0.29) is 5.63 Å². The Morgan fingerprint density at radius 3 is 2.62 bits per heavy atom. The smallest absolute Gasteiger partial charge is 0.339 e. The Bertz CT molecular complexity index is 655. The molecular formula is C18H24O3. The molecule has 0 fully saturated rings. The molecule has 0 N–H and O–H groups in total. The average Bonchev–Trinajstić information content (AvgIpc) is 2.47. The van der Waals surface area contributed by atoms with E-state index in [4.69, 9.17) is 9.15 Å². The van der Waals surface area contributed by atoms with Crippen molar-refractivity contribution in [3.05, 3.63) is 39.7 Å². The van der Waals surface area contributed by atoms with Crippen LogP contribution < -0.4 is 10.4 Å². The van der Waals surface area contributed by atoms with Crippen LogP contribution in [0.4, 0.5) is 0 Å². The number of fused-ring (bicyclic) bond motifs is 1. The minimum Gasteiger partial charge on any atom is -0.493 e. The van der Waals surface area contributed by atoms with Gasteiger partial charge >= 0.3 is 5.63 Å². The summed E-state index contributed by atoms with van der Waals surface area (Å²) in [5.74, 6) is 0.764. The highest BCUT2D eigenvalue weighted by molar-refractivity contribution is 5.82. The summed E-state index contributed by atoms with van der Waals surface area (Å²) in [6, 6.07) is 5.77. The number of rotatable bonds is 7. The molecule has 0 atom stereocenters. The lowest BCUT2D eigenvalue weighted by atomic mass is 10.0. The molecule has 0 unspecified atom stereocenters. The molecule has 0 bridgehead atoms. The first-order chi connectivity index (χ1) is 10.2. The van der Waals surface area contributed by atoms with Gasteiger partial charge in [-0.05, 0) is 43.9 Å². The highest BCUT2D eigenvalue weighted by Gasteiger charge is 2.11. The summed E-state index contributed by atoms with van der Waals surface area (Å²) >= 11 is 0. The van der Waals surface area contributed by atoms with E-state index in [0.29, 0.717) is 12.2 Å². The van der Waals surface area contributed by atoms with Crippen molar-refractivity contribution >= 4 is 11.0 Å². The number of unbranched alkanes of at least 4 members (excludes halogenated alkanes) is 2. The maximum Gasteiger partial charge on any atom is 0.339 e. The molecule has 0 amide bonds. The molecule has 2 rings (SSSR count). The largest absolute Gasteiger partial charge is 0.493 e. The van der Waals surface area contributed by atoms with Gasteiger partial charge in [0.15, 0.2) is 0 Å². The van der Waals surface area contributed by atoms with E-state index in [1.54, 1.807) is 0 Å². The van der Waals surface area contributed by atoms with Gasteiger partial charge in [-0.3, -0.25) is 0 Å². The molecule has 1 heterocycles. The Hall–Kier alpha value is -1.77. The summed E-state index contributed by atoms with van der Waals surface area (Å²) in [6.45, 7) is 6.95. The Kier molecular flexibility index (Phi) is 5.43. The fourth-order valence-corrected chi connectivity index (χ4v) is 2.44. The molecule has 0 radical (unpaired) electrons. The molecule has 0 spiro atoms. The van der Waals surface area contributed by atoms with Gasteiger partial charge in [0.25, 0.3) is 0 Å². The van der Waals surface area contributed by atoms with Gasteiger partial charge in [-0.2, -0.15) is 0 Å². The van der Waals surface area contributed by atoms with Crippen LogP contribution in [0.3, 0.4) is 0 Å². The van der Waals surface area contributed by atoms with E-state index in [0.717, 1.165) is 54.4 Å². The van der Waals surface area contributed by atoms with Crippen molar-refractivity contribution in [3.63, 3.8) is 0 Å². The highest BCUT2D eigenvalue weighted by Crippen LogP contribution is 2.25. The molecular weight excluding hydrogens is 264 g/mol. The van der Waals surface area contributed by atoms with E-state index >= 15 is 0 Å². The van der Waals surface area contributed by atoms with Crippen molar-refractivity contribution < 1.29 is 9.15 Å². The van der Waals surface area contributed by atoms with E-state index in [1.165, 1.54) is 0 Å². The maximum absolute atomic E-state index is 12.1. The third kappa shape index (κ3) is 3.66. The van der Waals surface area contributed by atoms with Gasteiger partial charge in [0.2, 0.25) is 0 Å². The van der Waals surface area contributed by atoms with E-state index in [1.807, 2.05) is 25.1 Å². The number of ether oxygens (including phenoxy) is 1. The fourth-order valence-electron chi connectivity index (χ4n) is 2.44. The number of benzene rings is 1. The van der Waals surface area contributed by atoms with E-state index < -0.39 is 0 Å². The minimum absolute atomic E-state index is 0.209. The maximum atomic E-state index is 12.1. The lowest BCUT2D eigenvalue weighted by molar-refractivity contribution is 0.309. The molecule has 0 aliphatic heterocycles. The second-order valence-corrected chi connectivity index (χ2v) is 5.46. The monoisotopic (exact) mass is 288 g/mol. The molecule has 1 aromatic heterocycles. The van der Waals surface area contributed by atoms with Crippen LogP contribution in [0.5, 0.6) is 5.75 Å². The van der Waals surface area contributed by atoms with Gasteiger partial charge in [0.05, 0.1) is 6.61 Å². The molecule has 2 aromatic rings. The average molecular weight is 288 g/mol. The van der Waals surface area contributed by atoms with Crippen LogP contribution in [0.25, 0.3) is 11.0 Å². The predicted molar refractivity (Wildman–Crippen MR) is 86.2 cm³/mol. The first-order valence-electron chi connectivity index (χ1n) is 7.86. The summed E-state index contributed by atoms with van der Waals surface area (Å²) in [6.07, 6.45) is 4.99. The number of aryl methyl sites for hydroxylation is 1. The number of hydrogen-bond acceptors (Lipinski definition) is 3. The van der Waals surface area contributed by atoms with Crippen LogP contribution in [0.15, 0.2) is 27.4 Å². The zero-order valence-corrected chi connectivity index (χ0v) is 13.2. The van der Waals surface area contributed by atoms with Crippen molar-refractivity contribution in [1.82, 2.24) is 0 Å². The zero-order valence-electron chi connectivity index (χ0n) is 13.2. The topological polar surface area (TPSA) is 39.4 Å². The zero-order chi connectivity index (χ0) is 15.2. The SMILES string of the molecule is CCCCOc1ccc2c(C)c(CCCC)c(=O)oc2c1. The van der Waals surface area contributed by atoms with Crippen LogP contribution in [0.2, 0.25) is 0 Å². The van der Waals surface area contributed by atoms with Crippen LogP contribution in [-0.2, 0) is 6.42 Å². The molecule has 0 aliphatic rings. The quantitative estimate of drug-likeness (QED) is 0.551. The molecule has 0 aliphatic carbocycles. The van der Waals surface area contributed by atoms with Gasteiger partial charge in [0, 0.05) is 17.0 Å². The molecule has 0 saturated heterocycles. The summed E-state index contributed by atoms with van der Waals surface area (Å²) < 4.78 is 11.1. The van der Waals surface area contributed by atoms with Gasteiger partial charge in [0.1, 0.15) is 11.3 Å². The third-order valence-corrected chi connectivity index (χ3v) is 3.81. The van der Waals surface area contributed by atoms with Crippen molar-refractivity contribution in [2.45, 2.75) is 52.9 Å². The van der Waals surface area contributed by atoms with Crippen molar-refractivity contribution in [1.29, 1.82) is 0 Å². The van der Waals surface area contributed by atoms with Gasteiger partial charge in [-0.1, -0.05) is 26.7 Å². The van der Waals surface area contributed by atoms with Gasteiger partial charge in [-0.15, -0.1) is 0 Å². The molecule has 1 aromatic carbocycles. The third-order valence-electron chi connectivity index (χ3n) is 3.81. The second-order valence-electron chi connectivity index (χ2n) is 5.46. The molecule has 21 heavy (non-hydrogen) atoms. The Morgan fingerprint density at radius 1 is 1.14 bits per heavy atom. The normalized spacial score (nSPS) is 11.0. The first kappa shape index (κ1) is 15.6. The van der Waals surface area contributed by atoms with Crippen LogP contribution in [-0.4, -0.2) is 6.61 Å². The fraction of sp³-hybridized carbons (Fsp3) is 0.500.